The van der Waals surface area contributed by atoms with E-state index in [-0.39, 0.29) is 16.8 Å². The summed E-state index contributed by atoms with van der Waals surface area (Å²) in [5.41, 5.74) is 10.3. The van der Waals surface area contributed by atoms with Gasteiger partial charge in [0.25, 0.3) is 5.91 Å². The van der Waals surface area contributed by atoms with Gasteiger partial charge in [-0.15, -0.1) is 0 Å². The predicted molar refractivity (Wildman–Crippen MR) is 73.7 cm³/mol. The summed E-state index contributed by atoms with van der Waals surface area (Å²) in [6.07, 6.45) is 0. The van der Waals surface area contributed by atoms with Crippen molar-refractivity contribution in [2.24, 2.45) is 5.73 Å². The van der Waals surface area contributed by atoms with E-state index in [1.807, 2.05) is 0 Å². The van der Waals surface area contributed by atoms with Gasteiger partial charge in [-0.25, -0.2) is 8.78 Å². The summed E-state index contributed by atoms with van der Waals surface area (Å²) >= 11 is 0. The van der Waals surface area contributed by atoms with Gasteiger partial charge in [0, 0.05) is 17.3 Å². The number of nitrogens with two attached hydrogens (primary N) is 2. The summed E-state index contributed by atoms with van der Waals surface area (Å²) in [6, 6.07) is 7.14. The number of nitrogen functional groups attached to an aromatic ring is 1. The molecule has 0 unspecified atom stereocenters. The van der Waals surface area contributed by atoms with Crippen molar-refractivity contribution in [3.05, 3.63) is 59.2 Å². The van der Waals surface area contributed by atoms with Crippen LogP contribution in [0.5, 0.6) is 0 Å². The minimum atomic E-state index is -1.02. The molecule has 0 bridgehead atoms. The molecule has 0 saturated carbocycles. The van der Waals surface area contributed by atoms with Crippen LogP contribution in [0.15, 0.2) is 36.4 Å². The van der Waals surface area contributed by atoms with Crippen molar-refractivity contribution in [2.75, 3.05) is 11.1 Å². The van der Waals surface area contributed by atoms with E-state index in [4.69, 9.17) is 11.5 Å². The largest absolute Gasteiger partial charge is 0.396 e. The van der Waals surface area contributed by atoms with Gasteiger partial charge in [-0.05, 0) is 30.3 Å². The van der Waals surface area contributed by atoms with Crippen molar-refractivity contribution in [1.29, 1.82) is 0 Å². The third kappa shape index (κ3) is 3.14. The van der Waals surface area contributed by atoms with Crippen molar-refractivity contribution in [1.82, 2.24) is 0 Å². The number of rotatable bonds is 3. The van der Waals surface area contributed by atoms with E-state index in [0.717, 1.165) is 6.07 Å². The first-order valence-corrected chi connectivity index (χ1v) is 5.84. The Hall–Kier alpha value is -2.96. The lowest BCUT2D eigenvalue weighted by Crippen LogP contribution is -2.15. The second kappa shape index (κ2) is 5.58. The molecule has 2 rings (SSSR count). The predicted octanol–water partition coefficient (Wildman–Crippen LogP) is 1.90. The molecule has 21 heavy (non-hydrogen) atoms. The van der Waals surface area contributed by atoms with Crippen LogP contribution in [0.4, 0.5) is 20.2 Å². The van der Waals surface area contributed by atoms with Crippen LogP contribution >= 0.6 is 0 Å². The Bertz CT molecular complexity index is 715. The molecule has 0 atom stereocenters. The van der Waals surface area contributed by atoms with Gasteiger partial charge in [-0.2, -0.15) is 0 Å². The Kier molecular flexibility index (Phi) is 3.84. The maximum Gasteiger partial charge on any atom is 0.258 e. The Morgan fingerprint density at radius 2 is 1.62 bits per heavy atom. The first kappa shape index (κ1) is 14.4. The fourth-order valence-electron chi connectivity index (χ4n) is 1.66. The molecule has 0 saturated heterocycles. The number of halogens is 2. The average molecular weight is 291 g/mol. The molecule has 0 aliphatic heterocycles. The van der Waals surface area contributed by atoms with Crippen LogP contribution in [0.3, 0.4) is 0 Å². The van der Waals surface area contributed by atoms with Gasteiger partial charge in [-0.1, -0.05) is 0 Å². The van der Waals surface area contributed by atoms with Crippen molar-refractivity contribution in [2.45, 2.75) is 0 Å². The van der Waals surface area contributed by atoms with E-state index in [1.54, 1.807) is 0 Å². The monoisotopic (exact) mass is 291 g/mol. The summed E-state index contributed by atoms with van der Waals surface area (Å²) in [7, 11) is 0. The topological polar surface area (TPSA) is 98.2 Å². The lowest BCUT2D eigenvalue weighted by atomic mass is 10.1. The highest BCUT2D eigenvalue weighted by molar-refractivity contribution is 6.05. The van der Waals surface area contributed by atoms with Crippen LogP contribution in [0.2, 0.25) is 0 Å². The maximum absolute atomic E-state index is 13.5. The number of anilines is 2. The van der Waals surface area contributed by atoms with Crippen LogP contribution in [0.25, 0.3) is 0 Å². The number of nitrogens with one attached hydrogen (secondary N) is 1. The fourth-order valence-corrected chi connectivity index (χ4v) is 1.66. The van der Waals surface area contributed by atoms with Crippen LogP contribution in [-0.2, 0) is 0 Å². The molecule has 0 spiro atoms. The van der Waals surface area contributed by atoms with Gasteiger partial charge in [0.05, 0.1) is 11.3 Å². The number of benzene rings is 2. The minimum absolute atomic E-state index is 0.269. The van der Waals surface area contributed by atoms with Crippen molar-refractivity contribution in [3.63, 3.8) is 0 Å². The molecular formula is C14H11F2N3O2. The maximum atomic E-state index is 13.5. The third-order valence-electron chi connectivity index (χ3n) is 2.76. The Morgan fingerprint density at radius 1 is 1.00 bits per heavy atom. The highest BCUT2D eigenvalue weighted by Crippen LogP contribution is 2.18. The molecule has 0 fully saturated rings. The van der Waals surface area contributed by atoms with Crippen LogP contribution < -0.4 is 16.8 Å². The number of primary amides is 1. The molecule has 0 radical (unpaired) electrons. The molecule has 108 valence electrons. The smallest absolute Gasteiger partial charge is 0.258 e. The van der Waals surface area contributed by atoms with Gasteiger partial charge >= 0.3 is 0 Å². The number of hydrogen-bond donors (Lipinski definition) is 3. The van der Waals surface area contributed by atoms with Gasteiger partial charge in [0.2, 0.25) is 5.91 Å². The van der Waals surface area contributed by atoms with Crippen molar-refractivity contribution < 1.29 is 18.4 Å². The van der Waals surface area contributed by atoms with Crippen LogP contribution in [-0.4, -0.2) is 11.8 Å². The molecule has 2 amide bonds. The van der Waals surface area contributed by atoms with Gasteiger partial charge < -0.3 is 16.8 Å². The van der Waals surface area contributed by atoms with E-state index in [0.29, 0.717) is 11.8 Å². The Morgan fingerprint density at radius 3 is 2.19 bits per heavy atom. The first-order valence-electron chi connectivity index (χ1n) is 5.84. The second-order valence-corrected chi connectivity index (χ2v) is 4.25. The Balaban J connectivity index is 2.22. The number of carbonyl (C=O) groups is 2. The lowest BCUT2D eigenvalue weighted by molar-refractivity contribution is 0.0997. The van der Waals surface area contributed by atoms with Crippen LogP contribution in [0.1, 0.15) is 20.7 Å². The van der Waals surface area contributed by atoms with Crippen LogP contribution in [0, 0.1) is 11.6 Å². The summed E-state index contributed by atoms with van der Waals surface area (Å²) in [5, 5.41) is 2.40. The standard InChI is InChI=1S/C14H11F2N3O2/c15-10-6-11(16)12(17)5-9(10)14(21)19-8-3-1-7(2-4-8)13(18)20/h1-6H,17H2,(H2,18,20)(H,19,21). The zero-order chi connectivity index (χ0) is 15.6. The van der Waals surface area contributed by atoms with E-state index >= 15 is 0 Å². The number of hydrogen-bond acceptors (Lipinski definition) is 3. The number of carbonyl (C=O) groups excluding carboxylic acids is 2. The SMILES string of the molecule is NC(=O)c1ccc(NC(=O)c2cc(N)c(F)cc2F)cc1. The van der Waals surface area contributed by atoms with E-state index in [1.165, 1.54) is 24.3 Å². The summed E-state index contributed by atoms with van der Waals surface area (Å²) in [5.74, 6) is -3.35. The highest BCUT2D eigenvalue weighted by atomic mass is 19.1. The quantitative estimate of drug-likeness (QED) is 0.753. The molecule has 7 heteroatoms. The molecule has 2 aromatic carbocycles. The third-order valence-corrected chi connectivity index (χ3v) is 2.76. The van der Waals surface area contributed by atoms with E-state index in [9.17, 15) is 18.4 Å². The van der Waals surface area contributed by atoms with Gasteiger partial charge in [0.15, 0.2) is 0 Å². The summed E-state index contributed by atoms with van der Waals surface area (Å²) in [4.78, 5) is 22.8. The summed E-state index contributed by atoms with van der Waals surface area (Å²) in [6.45, 7) is 0. The first-order chi connectivity index (χ1) is 9.88. The Labute approximate surface area is 118 Å². The molecule has 0 heterocycles. The molecule has 0 aliphatic carbocycles. The highest BCUT2D eigenvalue weighted by Gasteiger charge is 2.15. The second-order valence-electron chi connectivity index (χ2n) is 4.25. The molecule has 5 nitrogen and oxygen atoms in total. The molecular weight excluding hydrogens is 280 g/mol. The fraction of sp³-hybridized carbons (Fsp3) is 0. The lowest BCUT2D eigenvalue weighted by Gasteiger charge is -2.08. The summed E-state index contributed by atoms with van der Waals surface area (Å²) < 4.78 is 26.6. The molecule has 0 aliphatic rings. The molecule has 5 N–H and O–H groups in total. The van der Waals surface area contributed by atoms with Crippen molar-refractivity contribution in [3.8, 4) is 0 Å². The average Bonchev–Trinajstić information content (AvgIpc) is 2.43. The van der Waals surface area contributed by atoms with E-state index in [2.05, 4.69) is 5.32 Å². The van der Waals surface area contributed by atoms with Crippen molar-refractivity contribution >= 4 is 23.2 Å². The van der Waals surface area contributed by atoms with E-state index < -0.39 is 23.4 Å². The zero-order valence-corrected chi connectivity index (χ0v) is 10.7. The van der Waals surface area contributed by atoms with Gasteiger partial charge in [-0.3, -0.25) is 9.59 Å². The molecule has 0 aromatic heterocycles. The number of amides is 2. The van der Waals surface area contributed by atoms with Gasteiger partial charge in [0.1, 0.15) is 11.6 Å². The zero-order valence-electron chi connectivity index (χ0n) is 10.7. The normalized spacial score (nSPS) is 10.2. The molecule has 2 aromatic rings. The minimum Gasteiger partial charge on any atom is -0.396 e.